The van der Waals surface area contributed by atoms with Gasteiger partial charge in [0.1, 0.15) is 73.2 Å². The molecule has 0 bridgehead atoms. The molecule has 0 radical (unpaired) electrons. The monoisotopic (exact) mass is 722 g/mol. The van der Waals surface area contributed by atoms with Gasteiger partial charge in [0.15, 0.2) is 49.6 Å². The molecule has 4 rings (SSSR count). The summed E-state index contributed by atoms with van der Waals surface area (Å²) in [6, 6.07) is 0. The van der Waals surface area contributed by atoms with Crippen molar-refractivity contribution in [1.29, 1.82) is 0 Å². The number of ether oxygens (including phenoxy) is 7. The van der Waals surface area contributed by atoms with Crippen molar-refractivity contribution in [2.45, 2.75) is 123 Å². The van der Waals surface area contributed by atoms with Gasteiger partial charge in [-0.1, -0.05) is 0 Å². The minimum absolute atomic E-state index is 1.84. The molecule has 49 heavy (non-hydrogen) atoms. The van der Waals surface area contributed by atoms with E-state index in [9.17, 15) is 90.7 Å². The molecular formula is C24H34O25. The minimum atomic E-state index is -2.43. The van der Waals surface area contributed by atoms with E-state index in [0.29, 0.717) is 0 Å². The Bertz CT molecular complexity index is 1220. The SMILES string of the molecule is O=C(O)[C@H]1O[C@@H](O[C@H]2[C@H](O)[C@H](O)[C@H](O[C@H]3[C@H](O)[C@H](O)[C@H](O[C@H]4[C@H](O)[C@H](O)[C@H](O)O[C@@H]4C(=O)O)O[C@H]3C(=O)O)O[C@@H]2C(=O)O)[C@@H](O)[C@@H](O)[C@@H]1O. The third-order valence-corrected chi connectivity index (χ3v) is 8.07. The molecule has 280 valence electrons. The number of hydrogen-bond donors (Lipinski definition) is 14. The van der Waals surface area contributed by atoms with Crippen molar-refractivity contribution in [3.05, 3.63) is 0 Å². The minimum Gasteiger partial charge on any atom is -0.479 e. The molecule has 0 unspecified atom stereocenters. The molecule has 20 atom stereocenters. The topological polar surface area (TPSA) is 416 Å². The second-order valence-corrected chi connectivity index (χ2v) is 11.3. The summed E-state index contributed by atoms with van der Waals surface area (Å²) in [5.41, 5.74) is 0. The summed E-state index contributed by atoms with van der Waals surface area (Å²) in [5.74, 6) is -7.64. The zero-order valence-corrected chi connectivity index (χ0v) is 24.3. The van der Waals surface area contributed by atoms with Crippen LogP contribution in [0.2, 0.25) is 0 Å². The van der Waals surface area contributed by atoms with Gasteiger partial charge >= 0.3 is 23.9 Å². The summed E-state index contributed by atoms with van der Waals surface area (Å²) in [7, 11) is 0. The van der Waals surface area contributed by atoms with E-state index in [1.807, 2.05) is 0 Å². The highest BCUT2D eigenvalue weighted by Gasteiger charge is 2.58. The Kier molecular flexibility index (Phi) is 12.1. The van der Waals surface area contributed by atoms with Crippen LogP contribution in [0.3, 0.4) is 0 Å². The summed E-state index contributed by atoms with van der Waals surface area (Å²) in [6.45, 7) is 0. The van der Waals surface area contributed by atoms with Gasteiger partial charge in [-0.15, -0.1) is 0 Å². The predicted molar refractivity (Wildman–Crippen MR) is 136 cm³/mol. The van der Waals surface area contributed by atoms with Crippen molar-refractivity contribution >= 4 is 23.9 Å². The fourth-order valence-corrected chi connectivity index (χ4v) is 5.43. The number of aliphatic hydroxyl groups is 10. The van der Waals surface area contributed by atoms with Crippen LogP contribution in [0.25, 0.3) is 0 Å². The summed E-state index contributed by atoms with van der Waals surface area (Å²) in [5, 5.41) is 141. The number of aliphatic carboxylic acids is 4. The highest BCUT2D eigenvalue weighted by atomic mass is 16.8. The molecule has 25 heteroatoms. The van der Waals surface area contributed by atoms with Gasteiger partial charge in [-0.3, -0.25) is 0 Å². The second kappa shape index (κ2) is 15.2. The van der Waals surface area contributed by atoms with Crippen LogP contribution in [0, 0.1) is 0 Å². The molecule has 0 aromatic heterocycles. The van der Waals surface area contributed by atoms with E-state index < -0.39 is 147 Å². The number of carboxylic acids is 4. The lowest BCUT2D eigenvalue weighted by molar-refractivity contribution is -0.378. The normalized spacial score (nSPS) is 49.2. The second-order valence-electron chi connectivity index (χ2n) is 11.3. The number of rotatable bonds is 10. The highest BCUT2D eigenvalue weighted by molar-refractivity contribution is 5.75. The Morgan fingerprint density at radius 2 is 0.633 bits per heavy atom. The van der Waals surface area contributed by atoms with Crippen LogP contribution >= 0.6 is 0 Å². The maximum atomic E-state index is 12.1. The number of hydrogen-bond acceptors (Lipinski definition) is 21. The molecule has 0 aromatic carbocycles. The lowest BCUT2D eigenvalue weighted by Gasteiger charge is -2.47. The first-order valence-electron chi connectivity index (χ1n) is 14.1. The molecule has 0 aromatic rings. The van der Waals surface area contributed by atoms with Gasteiger partial charge in [-0.25, -0.2) is 19.2 Å². The van der Waals surface area contributed by atoms with E-state index in [1.54, 1.807) is 0 Å². The largest absolute Gasteiger partial charge is 0.479 e. The first-order valence-corrected chi connectivity index (χ1v) is 14.1. The maximum Gasteiger partial charge on any atom is 0.335 e. The standard InChI is InChI=1S/C24H34O25/c25-1-2(26)13(17(34)35)47-22(7(1)31)45-11-4(28)9(33)24(49-15(11)19(38)39)46-12-5(29)8(32)23(48-16(12)20(40)41)44-10-3(27)6(30)21(42)43-14(10)18(36)37/h1-16,21-33,42H,(H,34,35)(H,36,37)(H,38,39)(H,40,41)/t1-,2-,3+,4+,5+,6-,7-,8-,9-,10-,11-,12-,13-,14-,15-,16+,21+,22+,23+,24+/m0/s1. The van der Waals surface area contributed by atoms with Crippen LogP contribution in [0.5, 0.6) is 0 Å². The van der Waals surface area contributed by atoms with Crippen LogP contribution in [-0.2, 0) is 52.3 Å². The predicted octanol–water partition coefficient (Wildman–Crippen LogP) is -9.38. The zero-order valence-electron chi connectivity index (χ0n) is 24.3. The molecule has 14 N–H and O–H groups in total. The third-order valence-electron chi connectivity index (χ3n) is 8.07. The Hall–Kier alpha value is -2.80. The molecule has 4 fully saturated rings. The van der Waals surface area contributed by atoms with Gasteiger partial charge in [0, 0.05) is 0 Å². The van der Waals surface area contributed by atoms with Crippen LogP contribution in [0.15, 0.2) is 0 Å². The van der Waals surface area contributed by atoms with E-state index in [0.717, 1.165) is 0 Å². The molecule has 4 aliphatic rings. The van der Waals surface area contributed by atoms with Crippen LogP contribution in [0.4, 0.5) is 0 Å². The van der Waals surface area contributed by atoms with Gasteiger partial charge in [0.05, 0.1) is 0 Å². The smallest absolute Gasteiger partial charge is 0.335 e. The Morgan fingerprint density at radius 1 is 0.347 bits per heavy atom. The summed E-state index contributed by atoms with van der Waals surface area (Å²) in [4.78, 5) is 47.1. The molecular weight excluding hydrogens is 688 g/mol. The lowest BCUT2D eigenvalue weighted by Crippen LogP contribution is -2.68. The molecule has 0 amide bonds. The van der Waals surface area contributed by atoms with E-state index in [-0.39, 0.29) is 0 Å². The number of aliphatic hydroxyl groups excluding tert-OH is 10. The van der Waals surface area contributed by atoms with Crippen LogP contribution in [0.1, 0.15) is 0 Å². The quantitative estimate of drug-likeness (QED) is 0.0995. The average Bonchev–Trinajstić information content (AvgIpc) is 3.03. The van der Waals surface area contributed by atoms with Gasteiger partial charge in [0.25, 0.3) is 0 Å². The summed E-state index contributed by atoms with van der Waals surface area (Å²) in [6.07, 6.45) is -45.8. The summed E-state index contributed by atoms with van der Waals surface area (Å²) < 4.78 is 35.3. The van der Waals surface area contributed by atoms with Crippen LogP contribution < -0.4 is 0 Å². The Morgan fingerprint density at radius 3 is 0.980 bits per heavy atom. The van der Waals surface area contributed by atoms with Crippen molar-refractivity contribution in [2.24, 2.45) is 0 Å². The summed E-state index contributed by atoms with van der Waals surface area (Å²) >= 11 is 0. The van der Waals surface area contributed by atoms with E-state index in [4.69, 9.17) is 28.4 Å². The van der Waals surface area contributed by atoms with Crippen molar-refractivity contribution in [1.82, 2.24) is 0 Å². The number of carboxylic acid groups (broad SMARTS) is 4. The zero-order chi connectivity index (χ0) is 36.8. The fourth-order valence-electron chi connectivity index (χ4n) is 5.43. The third kappa shape index (κ3) is 7.62. The van der Waals surface area contributed by atoms with E-state index >= 15 is 0 Å². The molecule has 0 aliphatic carbocycles. The highest BCUT2D eigenvalue weighted by Crippen LogP contribution is 2.34. The Balaban J connectivity index is 1.51. The lowest BCUT2D eigenvalue weighted by atomic mass is 9.95. The number of carbonyl (C=O) groups is 4. The average molecular weight is 723 g/mol. The van der Waals surface area contributed by atoms with Gasteiger partial charge < -0.3 is 105 Å². The van der Waals surface area contributed by atoms with Crippen molar-refractivity contribution in [3.8, 4) is 0 Å². The molecule has 0 spiro atoms. The van der Waals surface area contributed by atoms with Crippen molar-refractivity contribution < 1.29 is 124 Å². The maximum absolute atomic E-state index is 12.1. The first-order chi connectivity index (χ1) is 22.8. The van der Waals surface area contributed by atoms with E-state index in [1.165, 1.54) is 0 Å². The molecule has 0 saturated carbocycles. The molecule has 25 nitrogen and oxygen atoms in total. The first kappa shape index (κ1) is 39.0. The van der Waals surface area contributed by atoms with E-state index in [2.05, 4.69) is 4.74 Å². The fraction of sp³-hybridized carbons (Fsp3) is 0.833. The van der Waals surface area contributed by atoms with Crippen LogP contribution in [-0.4, -0.2) is 218 Å². The van der Waals surface area contributed by atoms with Crippen molar-refractivity contribution in [3.63, 3.8) is 0 Å². The molecule has 4 heterocycles. The molecule has 4 aliphatic heterocycles. The van der Waals surface area contributed by atoms with Gasteiger partial charge in [-0.05, 0) is 0 Å². The Labute approximate surface area is 271 Å². The van der Waals surface area contributed by atoms with Crippen molar-refractivity contribution in [2.75, 3.05) is 0 Å². The van der Waals surface area contributed by atoms with Gasteiger partial charge in [-0.2, -0.15) is 0 Å². The molecule has 4 saturated heterocycles. The van der Waals surface area contributed by atoms with Gasteiger partial charge in [0.2, 0.25) is 0 Å².